The topological polar surface area (TPSA) is 25.8 Å². The highest BCUT2D eigenvalue weighted by atomic mass is 14.7. The van der Waals surface area contributed by atoms with E-state index in [1.54, 1.807) is 0 Å². The second-order valence-electron chi connectivity index (χ2n) is 16.7. The number of rotatable bonds is 4. The van der Waals surface area contributed by atoms with Gasteiger partial charge in [0.1, 0.15) is 0 Å². The quantitative estimate of drug-likeness (QED) is 0.131. The third-order valence-electron chi connectivity index (χ3n) is 13.4. The number of aromatic nitrogens is 2. The lowest BCUT2D eigenvalue weighted by Crippen LogP contribution is -1.95. The molecule has 0 aliphatic heterocycles. The molecule has 0 N–H and O–H groups in total. The van der Waals surface area contributed by atoms with Crippen LogP contribution in [0.3, 0.4) is 0 Å². The summed E-state index contributed by atoms with van der Waals surface area (Å²) in [5.41, 5.74) is 14.4. The molecule has 2 heterocycles. The number of fused-ring (bicyclic) bond motifs is 12. The summed E-state index contributed by atoms with van der Waals surface area (Å²) in [6, 6.07) is 70.9. The molecule has 0 unspecified atom stereocenters. The van der Waals surface area contributed by atoms with Gasteiger partial charge in [-0.15, -0.1) is 0 Å². The van der Waals surface area contributed by atoms with Gasteiger partial charge in [0.2, 0.25) is 0 Å². The number of pyridine rings is 2. The molecular formula is C60H38N2. The van der Waals surface area contributed by atoms with Crippen LogP contribution in [0.15, 0.2) is 206 Å². The molecule has 0 saturated carbocycles. The summed E-state index contributed by atoms with van der Waals surface area (Å²) < 4.78 is 0. The average molecular weight is 787 g/mol. The molecule has 0 atom stereocenters. The first-order valence-corrected chi connectivity index (χ1v) is 21.6. The summed E-state index contributed by atoms with van der Waals surface area (Å²) in [4.78, 5) is 10.8. The number of nitrogens with zero attached hydrogens (tertiary/aromatic N) is 2. The maximum atomic E-state index is 5.39. The first-order valence-electron chi connectivity index (χ1n) is 21.6. The number of allylic oxidation sites excluding steroid dienone is 4. The molecule has 2 heteroatoms. The van der Waals surface area contributed by atoms with Gasteiger partial charge in [0, 0.05) is 54.2 Å². The highest BCUT2D eigenvalue weighted by molar-refractivity contribution is 6.22. The third-order valence-corrected chi connectivity index (χ3v) is 13.4. The molecule has 0 radical (unpaired) electrons. The minimum absolute atomic E-state index is 0.992. The summed E-state index contributed by atoms with van der Waals surface area (Å²) in [6.45, 7) is 0. The molecule has 10 aromatic carbocycles. The highest BCUT2D eigenvalue weighted by Crippen LogP contribution is 2.43. The fourth-order valence-corrected chi connectivity index (χ4v) is 10.3. The SMILES string of the molecule is C1=C(c2ccc(-c3c4ccc5ccccc5c4nc4c3ccc3ccccc34)cc2)CCC(c2ccc(-c3c4ccc5ccccc5c4nc4c3ccc3ccccc34)cc2)=C1. The van der Waals surface area contributed by atoms with Crippen molar-refractivity contribution < 1.29 is 0 Å². The van der Waals surface area contributed by atoms with Crippen molar-refractivity contribution in [1.82, 2.24) is 9.97 Å². The molecule has 1 aliphatic rings. The van der Waals surface area contributed by atoms with Gasteiger partial charge in [-0.25, -0.2) is 9.97 Å². The molecular weight excluding hydrogens is 749 g/mol. The number of benzene rings is 10. The largest absolute Gasteiger partial charge is 0.246 e. The molecule has 62 heavy (non-hydrogen) atoms. The van der Waals surface area contributed by atoms with Crippen LogP contribution < -0.4 is 0 Å². The van der Waals surface area contributed by atoms with E-state index in [4.69, 9.17) is 9.97 Å². The van der Waals surface area contributed by atoms with E-state index in [1.165, 1.54) is 109 Å². The molecule has 0 bridgehead atoms. The second kappa shape index (κ2) is 13.8. The van der Waals surface area contributed by atoms with Crippen LogP contribution >= 0.6 is 0 Å². The normalized spacial score (nSPS) is 13.2. The Morgan fingerprint density at radius 3 is 0.806 bits per heavy atom. The van der Waals surface area contributed by atoms with Gasteiger partial charge in [0.05, 0.1) is 22.1 Å². The Kier molecular flexibility index (Phi) is 7.77. The van der Waals surface area contributed by atoms with Gasteiger partial charge >= 0.3 is 0 Å². The van der Waals surface area contributed by atoms with Crippen LogP contribution in [-0.2, 0) is 0 Å². The van der Waals surface area contributed by atoms with Gasteiger partial charge in [-0.2, -0.15) is 0 Å². The molecule has 1 aliphatic carbocycles. The monoisotopic (exact) mass is 786 g/mol. The smallest absolute Gasteiger partial charge is 0.0794 e. The molecule has 2 nitrogen and oxygen atoms in total. The zero-order valence-electron chi connectivity index (χ0n) is 33.9. The second-order valence-corrected chi connectivity index (χ2v) is 16.7. The van der Waals surface area contributed by atoms with E-state index in [2.05, 4.69) is 206 Å². The molecule has 0 fully saturated rings. The van der Waals surface area contributed by atoms with Crippen LogP contribution in [0, 0.1) is 0 Å². The maximum Gasteiger partial charge on any atom is 0.0794 e. The third kappa shape index (κ3) is 5.43. The highest BCUT2D eigenvalue weighted by Gasteiger charge is 2.19. The van der Waals surface area contributed by atoms with E-state index in [0.717, 1.165) is 34.9 Å². The summed E-state index contributed by atoms with van der Waals surface area (Å²) in [6.07, 6.45) is 6.65. The molecule has 288 valence electrons. The molecule has 13 rings (SSSR count). The van der Waals surface area contributed by atoms with Crippen molar-refractivity contribution >= 4 is 97.8 Å². The van der Waals surface area contributed by atoms with Gasteiger partial charge in [-0.05, 0) is 67.8 Å². The summed E-state index contributed by atoms with van der Waals surface area (Å²) in [5, 5.41) is 14.3. The van der Waals surface area contributed by atoms with Gasteiger partial charge in [0.15, 0.2) is 0 Å². The summed E-state index contributed by atoms with van der Waals surface area (Å²) in [5.74, 6) is 0. The Bertz CT molecular complexity index is 3450. The van der Waals surface area contributed by atoms with Crippen molar-refractivity contribution in [3.63, 3.8) is 0 Å². The van der Waals surface area contributed by atoms with E-state index >= 15 is 0 Å². The van der Waals surface area contributed by atoms with Crippen molar-refractivity contribution in [2.45, 2.75) is 12.8 Å². The van der Waals surface area contributed by atoms with Gasteiger partial charge < -0.3 is 0 Å². The predicted octanol–water partition coefficient (Wildman–Crippen LogP) is 16.3. The van der Waals surface area contributed by atoms with Crippen LogP contribution in [0.4, 0.5) is 0 Å². The minimum atomic E-state index is 0.992. The average Bonchev–Trinajstić information content (AvgIpc) is 3.35. The number of hydrogen-bond acceptors (Lipinski definition) is 2. The minimum Gasteiger partial charge on any atom is -0.246 e. The maximum absolute atomic E-state index is 5.39. The van der Waals surface area contributed by atoms with Crippen LogP contribution in [0.25, 0.3) is 120 Å². The van der Waals surface area contributed by atoms with Crippen molar-refractivity contribution in [2.24, 2.45) is 0 Å². The van der Waals surface area contributed by atoms with Crippen LogP contribution in [0.1, 0.15) is 24.0 Å². The standard InChI is InChI=1S/C60H38N2/c1-5-13-47-41(9-1)29-33-51-55(52-34-30-42-10-2-6-14-48(42)58(52)61-57(47)51)45-25-21-39(22-26-45)37-17-19-38(20-18-37)40-23-27-46(28-24-40)56-53-35-31-43-11-3-7-15-49(43)59(53)62-60-50-16-8-4-12-44(50)32-36-54(56)60/h1-17,19,21-36H,18,20H2. The first-order chi connectivity index (χ1) is 30.7. The van der Waals surface area contributed by atoms with E-state index < -0.39 is 0 Å². The molecule has 12 aromatic rings. The molecule has 2 aromatic heterocycles. The Morgan fingerprint density at radius 2 is 0.516 bits per heavy atom. The summed E-state index contributed by atoms with van der Waals surface area (Å²) in [7, 11) is 0. The van der Waals surface area contributed by atoms with Crippen LogP contribution in [0.2, 0.25) is 0 Å². The lowest BCUT2D eigenvalue weighted by Gasteiger charge is -2.18. The number of hydrogen-bond donors (Lipinski definition) is 0. The lowest BCUT2D eigenvalue weighted by molar-refractivity contribution is 1.07. The Labute approximate surface area is 358 Å². The van der Waals surface area contributed by atoms with Crippen molar-refractivity contribution in [3.05, 3.63) is 217 Å². The van der Waals surface area contributed by atoms with Crippen LogP contribution in [-0.4, -0.2) is 9.97 Å². The van der Waals surface area contributed by atoms with Crippen molar-refractivity contribution in [3.8, 4) is 22.3 Å². The zero-order chi connectivity index (χ0) is 40.7. The van der Waals surface area contributed by atoms with Crippen molar-refractivity contribution in [1.29, 1.82) is 0 Å². The molecule has 0 spiro atoms. The van der Waals surface area contributed by atoms with E-state index in [1.807, 2.05) is 0 Å². The first kappa shape index (κ1) is 34.9. The van der Waals surface area contributed by atoms with E-state index in [-0.39, 0.29) is 0 Å². The lowest BCUT2D eigenvalue weighted by atomic mass is 9.87. The van der Waals surface area contributed by atoms with Gasteiger partial charge in [0.25, 0.3) is 0 Å². The molecule has 0 saturated heterocycles. The fourth-order valence-electron chi connectivity index (χ4n) is 10.3. The predicted molar refractivity (Wildman–Crippen MR) is 265 cm³/mol. The summed E-state index contributed by atoms with van der Waals surface area (Å²) >= 11 is 0. The van der Waals surface area contributed by atoms with Gasteiger partial charge in [-0.1, -0.05) is 206 Å². The van der Waals surface area contributed by atoms with Gasteiger partial charge in [-0.3, -0.25) is 0 Å². The van der Waals surface area contributed by atoms with Crippen molar-refractivity contribution in [2.75, 3.05) is 0 Å². The Hall–Kier alpha value is -7.94. The molecule has 0 amide bonds. The fraction of sp³-hybridized carbons (Fsp3) is 0.0333. The Balaban J connectivity index is 0.863. The Morgan fingerprint density at radius 1 is 0.242 bits per heavy atom. The van der Waals surface area contributed by atoms with Crippen LogP contribution in [0.5, 0.6) is 0 Å². The zero-order valence-corrected chi connectivity index (χ0v) is 33.9. The van der Waals surface area contributed by atoms with E-state index in [0.29, 0.717) is 0 Å². The van der Waals surface area contributed by atoms with E-state index in [9.17, 15) is 0 Å².